The van der Waals surface area contributed by atoms with Crippen molar-refractivity contribution in [3.63, 3.8) is 0 Å². The third-order valence-electron chi connectivity index (χ3n) is 5.21. The van der Waals surface area contributed by atoms with Gasteiger partial charge in [-0.1, -0.05) is 18.2 Å². The van der Waals surface area contributed by atoms with Gasteiger partial charge in [0, 0.05) is 31.7 Å². The van der Waals surface area contributed by atoms with Crippen molar-refractivity contribution >= 4 is 28.5 Å². The van der Waals surface area contributed by atoms with E-state index in [4.69, 9.17) is 4.42 Å². The van der Waals surface area contributed by atoms with Crippen LogP contribution < -0.4 is 16.5 Å². The number of aryl methyl sites for hydroxylation is 1. The van der Waals surface area contributed by atoms with E-state index in [9.17, 15) is 19.2 Å². The summed E-state index contributed by atoms with van der Waals surface area (Å²) in [7, 11) is 1.51. The number of pyridine rings is 1. The van der Waals surface area contributed by atoms with Gasteiger partial charge in [0.2, 0.25) is 0 Å². The van der Waals surface area contributed by atoms with Gasteiger partial charge in [-0.3, -0.25) is 14.4 Å². The molecule has 1 aromatic carbocycles. The van der Waals surface area contributed by atoms with Crippen LogP contribution in [0.4, 0.5) is 5.69 Å². The molecule has 8 heteroatoms. The average Bonchev–Trinajstić information content (AvgIpc) is 2.76. The van der Waals surface area contributed by atoms with Crippen LogP contribution in [0.1, 0.15) is 40.0 Å². The molecule has 4 rings (SSSR count). The zero-order valence-electron chi connectivity index (χ0n) is 16.5. The number of carbonyl (C=O) groups excluding carboxylic acids is 2. The summed E-state index contributed by atoms with van der Waals surface area (Å²) in [5.74, 6) is -0.958. The Morgan fingerprint density at radius 1 is 1.03 bits per heavy atom. The van der Waals surface area contributed by atoms with Crippen LogP contribution in [-0.2, 0) is 7.05 Å². The first-order valence-electron chi connectivity index (χ1n) is 9.78. The molecule has 154 valence electrons. The Labute approximate surface area is 171 Å². The van der Waals surface area contributed by atoms with Gasteiger partial charge >= 0.3 is 5.63 Å². The first kappa shape index (κ1) is 19.6. The van der Waals surface area contributed by atoms with Crippen molar-refractivity contribution in [1.82, 2.24) is 9.47 Å². The van der Waals surface area contributed by atoms with Gasteiger partial charge in [-0.05, 0) is 37.5 Å². The van der Waals surface area contributed by atoms with Crippen LogP contribution in [0.25, 0.3) is 11.0 Å². The number of amides is 2. The SMILES string of the molecule is Cn1cc(C(=O)N2CCCCC2)cc(NC(=O)c2cc3ccccc3oc2=O)c1=O. The van der Waals surface area contributed by atoms with Gasteiger partial charge < -0.3 is 19.2 Å². The van der Waals surface area contributed by atoms with Crippen LogP contribution >= 0.6 is 0 Å². The number of aromatic nitrogens is 1. The predicted octanol–water partition coefficient (Wildman–Crippen LogP) is 2.37. The molecule has 0 bridgehead atoms. The van der Waals surface area contributed by atoms with Crippen molar-refractivity contribution in [3.8, 4) is 0 Å². The largest absolute Gasteiger partial charge is 0.422 e. The molecule has 3 aromatic rings. The number of nitrogens with one attached hydrogen (secondary N) is 1. The maximum absolute atomic E-state index is 12.8. The lowest BCUT2D eigenvalue weighted by Gasteiger charge is -2.27. The fourth-order valence-electron chi connectivity index (χ4n) is 3.61. The number of carbonyl (C=O) groups is 2. The van der Waals surface area contributed by atoms with Crippen LogP contribution in [-0.4, -0.2) is 34.4 Å². The Morgan fingerprint density at radius 3 is 2.53 bits per heavy atom. The first-order valence-corrected chi connectivity index (χ1v) is 9.78. The van der Waals surface area contributed by atoms with E-state index in [0.717, 1.165) is 19.3 Å². The molecule has 1 N–H and O–H groups in total. The summed E-state index contributed by atoms with van der Waals surface area (Å²) in [6.07, 6.45) is 4.43. The molecular formula is C22H21N3O5. The second kappa shape index (κ2) is 7.98. The standard InChI is InChI=1S/C22H21N3O5/c1-24-13-15(20(27)25-9-5-2-6-10-25)12-17(21(24)28)23-19(26)16-11-14-7-3-4-8-18(14)30-22(16)29/h3-4,7-8,11-13H,2,5-6,9-10H2,1H3,(H,23,26). The van der Waals surface area contributed by atoms with Crippen molar-refractivity contribution in [2.75, 3.05) is 18.4 Å². The fraction of sp³-hybridized carbons (Fsp3) is 0.273. The Balaban J connectivity index is 1.66. The minimum Gasteiger partial charge on any atom is -0.422 e. The smallest absolute Gasteiger partial charge is 0.349 e. The highest BCUT2D eigenvalue weighted by atomic mass is 16.4. The molecule has 0 radical (unpaired) electrons. The summed E-state index contributed by atoms with van der Waals surface area (Å²) in [4.78, 5) is 52.0. The summed E-state index contributed by atoms with van der Waals surface area (Å²) in [5, 5.41) is 3.06. The van der Waals surface area contributed by atoms with Gasteiger partial charge in [-0.2, -0.15) is 0 Å². The lowest BCUT2D eigenvalue weighted by molar-refractivity contribution is 0.0723. The first-order chi connectivity index (χ1) is 14.4. The Kier molecular flexibility index (Phi) is 5.22. The molecule has 1 aliphatic heterocycles. The normalized spacial score (nSPS) is 14.0. The molecule has 0 spiro atoms. The topological polar surface area (TPSA) is 102 Å². The lowest BCUT2D eigenvalue weighted by atomic mass is 10.1. The average molecular weight is 407 g/mol. The molecule has 1 aliphatic rings. The van der Waals surface area contributed by atoms with E-state index in [0.29, 0.717) is 29.6 Å². The molecule has 2 aromatic heterocycles. The highest BCUT2D eigenvalue weighted by Crippen LogP contribution is 2.16. The number of anilines is 1. The van der Waals surface area contributed by atoms with E-state index >= 15 is 0 Å². The number of hydrogen-bond donors (Lipinski definition) is 1. The van der Waals surface area contributed by atoms with Crippen molar-refractivity contribution in [1.29, 1.82) is 0 Å². The summed E-state index contributed by atoms with van der Waals surface area (Å²) < 4.78 is 6.43. The minimum absolute atomic E-state index is 0.0714. The number of nitrogens with zero attached hydrogens (tertiary/aromatic N) is 2. The Bertz CT molecular complexity index is 1250. The maximum atomic E-state index is 12.8. The summed E-state index contributed by atoms with van der Waals surface area (Å²) in [6.45, 7) is 1.34. The molecule has 1 fully saturated rings. The number of fused-ring (bicyclic) bond motifs is 1. The van der Waals surface area contributed by atoms with Gasteiger partial charge in [0.05, 0.1) is 5.56 Å². The van der Waals surface area contributed by atoms with Gasteiger partial charge in [0.25, 0.3) is 17.4 Å². The van der Waals surface area contributed by atoms with Crippen molar-refractivity contribution in [2.24, 2.45) is 7.05 Å². The number of likely N-dealkylation sites (tertiary alicyclic amines) is 1. The molecule has 0 aliphatic carbocycles. The Hall–Kier alpha value is -3.68. The van der Waals surface area contributed by atoms with E-state index in [1.807, 2.05) is 0 Å². The molecule has 2 amide bonds. The van der Waals surface area contributed by atoms with E-state index in [1.165, 1.54) is 29.9 Å². The molecule has 0 unspecified atom stereocenters. The molecule has 30 heavy (non-hydrogen) atoms. The van der Waals surface area contributed by atoms with E-state index < -0.39 is 17.1 Å². The van der Waals surface area contributed by atoms with Crippen molar-refractivity contribution in [2.45, 2.75) is 19.3 Å². The summed E-state index contributed by atoms with van der Waals surface area (Å²) >= 11 is 0. The van der Waals surface area contributed by atoms with Gasteiger partial charge in [-0.25, -0.2) is 4.79 Å². The molecular weight excluding hydrogens is 386 g/mol. The number of rotatable bonds is 3. The fourth-order valence-corrected chi connectivity index (χ4v) is 3.61. The van der Waals surface area contributed by atoms with Crippen LogP contribution in [0.3, 0.4) is 0 Å². The number of para-hydroxylation sites is 1. The molecule has 1 saturated heterocycles. The van der Waals surface area contributed by atoms with E-state index in [-0.39, 0.29) is 17.2 Å². The summed E-state index contributed by atoms with van der Waals surface area (Å²) in [6, 6.07) is 9.61. The highest BCUT2D eigenvalue weighted by molar-refractivity contribution is 6.06. The van der Waals surface area contributed by atoms with E-state index in [1.54, 1.807) is 29.2 Å². The highest BCUT2D eigenvalue weighted by Gasteiger charge is 2.21. The van der Waals surface area contributed by atoms with Crippen molar-refractivity contribution in [3.05, 3.63) is 74.5 Å². The molecule has 0 saturated carbocycles. The summed E-state index contributed by atoms with van der Waals surface area (Å²) in [5.41, 5.74) is -0.905. The van der Waals surface area contributed by atoms with Crippen molar-refractivity contribution < 1.29 is 14.0 Å². The number of piperidine rings is 1. The van der Waals surface area contributed by atoms with E-state index in [2.05, 4.69) is 5.32 Å². The molecule has 8 nitrogen and oxygen atoms in total. The van der Waals surface area contributed by atoms with Crippen LogP contribution in [0.2, 0.25) is 0 Å². The third kappa shape index (κ3) is 3.76. The monoisotopic (exact) mass is 407 g/mol. The quantitative estimate of drug-likeness (QED) is 0.672. The second-order valence-electron chi connectivity index (χ2n) is 7.35. The molecule has 3 heterocycles. The molecule has 0 atom stereocenters. The Morgan fingerprint density at radius 2 is 1.77 bits per heavy atom. The van der Waals surface area contributed by atoms with Gasteiger partial charge in [0.15, 0.2) is 0 Å². The minimum atomic E-state index is -0.802. The van der Waals surface area contributed by atoms with Gasteiger partial charge in [0.1, 0.15) is 16.8 Å². The van der Waals surface area contributed by atoms with Crippen LogP contribution in [0.5, 0.6) is 0 Å². The number of benzene rings is 1. The maximum Gasteiger partial charge on any atom is 0.349 e. The lowest BCUT2D eigenvalue weighted by Crippen LogP contribution is -2.36. The number of hydrogen-bond acceptors (Lipinski definition) is 5. The van der Waals surface area contributed by atoms with Gasteiger partial charge in [-0.15, -0.1) is 0 Å². The van der Waals surface area contributed by atoms with Crippen LogP contribution in [0, 0.1) is 0 Å². The predicted molar refractivity (Wildman–Crippen MR) is 112 cm³/mol. The van der Waals surface area contributed by atoms with Crippen LogP contribution in [0.15, 0.2) is 56.6 Å². The third-order valence-corrected chi connectivity index (χ3v) is 5.21. The second-order valence-corrected chi connectivity index (χ2v) is 7.35. The zero-order valence-corrected chi connectivity index (χ0v) is 16.5. The zero-order chi connectivity index (χ0) is 21.3.